The van der Waals surface area contributed by atoms with Crippen molar-refractivity contribution in [3.8, 4) is 11.5 Å². The summed E-state index contributed by atoms with van der Waals surface area (Å²) >= 11 is 6.28. The summed E-state index contributed by atoms with van der Waals surface area (Å²) < 4.78 is 11.1. The molecule has 0 saturated carbocycles. The van der Waals surface area contributed by atoms with E-state index in [-0.39, 0.29) is 18.6 Å². The first-order valence-electron chi connectivity index (χ1n) is 8.42. The lowest BCUT2D eigenvalue weighted by atomic mass is 10.2. The number of nitrogens with one attached hydrogen (secondary N) is 1. The van der Waals surface area contributed by atoms with Crippen LogP contribution in [0.15, 0.2) is 48.5 Å². The van der Waals surface area contributed by atoms with Gasteiger partial charge in [-0.25, -0.2) is 4.79 Å². The maximum atomic E-state index is 12.5. The molecule has 0 aliphatic carbocycles. The van der Waals surface area contributed by atoms with E-state index in [0.29, 0.717) is 48.5 Å². The fourth-order valence-electron chi connectivity index (χ4n) is 2.65. The zero-order chi connectivity index (χ0) is 18.4. The Kier molecular flexibility index (Phi) is 6.33. The minimum absolute atomic E-state index is 0.0128. The average molecular weight is 377 g/mol. The van der Waals surface area contributed by atoms with Gasteiger partial charge in [0.25, 0.3) is 0 Å². The molecule has 2 aromatic rings. The second-order valence-electron chi connectivity index (χ2n) is 6.06. The maximum Gasteiger partial charge on any atom is 0.321 e. The second kappa shape index (κ2) is 8.89. The van der Waals surface area contributed by atoms with Crippen LogP contribution in [-0.4, -0.2) is 48.9 Å². The Morgan fingerprint density at radius 2 is 2.12 bits per heavy atom. The molecular formula is C19H21ClN2O4. The number of urea groups is 1. The average Bonchev–Trinajstić information content (AvgIpc) is 2.91. The number of hydrogen-bond acceptors (Lipinski definition) is 4. The molecule has 1 aliphatic heterocycles. The first-order chi connectivity index (χ1) is 12.7. The first-order valence-corrected chi connectivity index (χ1v) is 8.80. The molecule has 0 spiro atoms. The zero-order valence-corrected chi connectivity index (χ0v) is 15.0. The van der Waals surface area contributed by atoms with Crippen LogP contribution in [0.2, 0.25) is 5.02 Å². The molecule has 1 saturated heterocycles. The largest absolute Gasteiger partial charge is 0.456 e. The number of carbonyl (C=O) groups is 1. The number of benzene rings is 2. The number of rotatable bonds is 4. The number of amides is 2. The SMILES string of the molecule is O=C(Nc1ccc(Oc2ccccc2)c(Cl)c1)N1CCOC[C@@H](CO)C1. The van der Waals surface area contributed by atoms with Crippen LogP contribution in [-0.2, 0) is 4.74 Å². The summed E-state index contributed by atoms with van der Waals surface area (Å²) in [5.41, 5.74) is 0.575. The third kappa shape index (κ3) is 4.88. The molecule has 2 amide bonds. The molecule has 7 heteroatoms. The second-order valence-corrected chi connectivity index (χ2v) is 6.47. The maximum absolute atomic E-state index is 12.5. The normalized spacial score (nSPS) is 17.5. The van der Waals surface area contributed by atoms with Gasteiger partial charge in [0.15, 0.2) is 0 Å². The Morgan fingerprint density at radius 1 is 1.31 bits per heavy atom. The standard InChI is InChI=1S/C19H21ClN2O4/c20-17-10-15(6-7-18(17)26-16-4-2-1-3-5-16)21-19(24)22-8-9-25-13-14(11-22)12-23/h1-7,10,14,23H,8-9,11-13H2,(H,21,24)/t14-/m1/s1. The summed E-state index contributed by atoms with van der Waals surface area (Å²) in [5, 5.41) is 12.6. The number of aliphatic hydroxyl groups excluding tert-OH is 1. The van der Waals surface area contributed by atoms with Crippen LogP contribution in [0, 0.1) is 5.92 Å². The molecule has 2 aromatic carbocycles. The highest BCUT2D eigenvalue weighted by atomic mass is 35.5. The van der Waals surface area contributed by atoms with Gasteiger partial charge in [-0.3, -0.25) is 0 Å². The molecule has 138 valence electrons. The Bertz CT molecular complexity index is 742. The highest BCUT2D eigenvalue weighted by molar-refractivity contribution is 6.32. The molecule has 0 radical (unpaired) electrons. The van der Waals surface area contributed by atoms with Crippen molar-refractivity contribution in [2.45, 2.75) is 0 Å². The van der Waals surface area contributed by atoms with Crippen molar-refractivity contribution in [1.29, 1.82) is 0 Å². The van der Waals surface area contributed by atoms with E-state index in [2.05, 4.69) is 5.32 Å². The van der Waals surface area contributed by atoms with E-state index in [1.165, 1.54) is 0 Å². The van der Waals surface area contributed by atoms with Crippen LogP contribution in [0.3, 0.4) is 0 Å². The summed E-state index contributed by atoms with van der Waals surface area (Å²) in [7, 11) is 0. The number of para-hydroxylation sites is 1. The van der Waals surface area contributed by atoms with Crippen molar-refractivity contribution >= 4 is 23.3 Å². The number of halogens is 1. The summed E-state index contributed by atoms with van der Waals surface area (Å²) in [5.74, 6) is 1.12. The summed E-state index contributed by atoms with van der Waals surface area (Å²) in [6.07, 6.45) is 0. The van der Waals surface area contributed by atoms with Gasteiger partial charge in [0.1, 0.15) is 11.5 Å². The van der Waals surface area contributed by atoms with E-state index in [1.54, 1.807) is 23.1 Å². The third-order valence-electron chi connectivity index (χ3n) is 4.04. The van der Waals surface area contributed by atoms with Crippen LogP contribution >= 0.6 is 11.6 Å². The number of anilines is 1. The lowest BCUT2D eigenvalue weighted by molar-refractivity contribution is 0.0958. The molecule has 0 aromatic heterocycles. The Labute approximate surface area is 157 Å². The highest BCUT2D eigenvalue weighted by Gasteiger charge is 2.22. The van der Waals surface area contributed by atoms with Crippen LogP contribution < -0.4 is 10.1 Å². The van der Waals surface area contributed by atoms with Crippen LogP contribution in [0.5, 0.6) is 11.5 Å². The monoisotopic (exact) mass is 376 g/mol. The Hall–Kier alpha value is -2.28. The summed E-state index contributed by atoms with van der Waals surface area (Å²) in [6.45, 7) is 1.82. The van der Waals surface area contributed by atoms with Crippen molar-refractivity contribution in [3.05, 3.63) is 53.6 Å². The molecule has 0 unspecified atom stereocenters. The smallest absolute Gasteiger partial charge is 0.321 e. The quantitative estimate of drug-likeness (QED) is 0.855. The minimum atomic E-state index is -0.248. The number of nitrogens with zero attached hydrogens (tertiary/aromatic N) is 1. The fourth-order valence-corrected chi connectivity index (χ4v) is 2.87. The van der Waals surface area contributed by atoms with Crippen molar-refractivity contribution in [2.75, 3.05) is 38.2 Å². The summed E-state index contributed by atoms with van der Waals surface area (Å²) in [6, 6.07) is 14.2. The number of ether oxygens (including phenoxy) is 2. The molecule has 3 rings (SSSR count). The van der Waals surface area contributed by atoms with E-state index < -0.39 is 0 Å². The van der Waals surface area contributed by atoms with Gasteiger partial charge in [0, 0.05) is 31.3 Å². The van der Waals surface area contributed by atoms with Crippen LogP contribution in [0.25, 0.3) is 0 Å². The van der Waals surface area contributed by atoms with E-state index in [1.807, 2.05) is 30.3 Å². The molecule has 26 heavy (non-hydrogen) atoms. The molecule has 1 atom stereocenters. The lowest BCUT2D eigenvalue weighted by Gasteiger charge is -2.23. The van der Waals surface area contributed by atoms with Crippen molar-refractivity contribution < 1.29 is 19.4 Å². The van der Waals surface area contributed by atoms with Gasteiger partial charge in [0.05, 0.1) is 18.2 Å². The van der Waals surface area contributed by atoms with Crippen molar-refractivity contribution in [2.24, 2.45) is 5.92 Å². The van der Waals surface area contributed by atoms with Gasteiger partial charge in [-0.15, -0.1) is 0 Å². The molecule has 1 fully saturated rings. The predicted molar refractivity (Wildman–Crippen MR) is 100.0 cm³/mol. The third-order valence-corrected chi connectivity index (χ3v) is 4.33. The predicted octanol–water partition coefficient (Wildman–Crippen LogP) is 3.60. The number of aliphatic hydroxyl groups is 1. The lowest BCUT2D eigenvalue weighted by Crippen LogP contribution is -2.39. The van der Waals surface area contributed by atoms with E-state index >= 15 is 0 Å². The molecule has 1 heterocycles. The minimum Gasteiger partial charge on any atom is -0.456 e. The van der Waals surface area contributed by atoms with Crippen molar-refractivity contribution in [3.63, 3.8) is 0 Å². The molecule has 6 nitrogen and oxygen atoms in total. The summed E-state index contributed by atoms with van der Waals surface area (Å²) in [4.78, 5) is 14.1. The van der Waals surface area contributed by atoms with E-state index in [0.717, 1.165) is 0 Å². The topological polar surface area (TPSA) is 71.0 Å². The molecule has 2 N–H and O–H groups in total. The van der Waals surface area contributed by atoms with Gasteiger partial charge in [-0.05, 0) is 30.3 Å². The van der Waals surface area contributed by atoms with E-state index in [9.17, 15) is 9.90 Å². The number of hydrogen-bond donors (Lipinski definition) is 2. The van der Waals surface area contributed by atoms with Crippen LogP contribution in [0.4, 0.5) is 10.5 Å². The van der Waals surface area contributed by atoms with Gasteiger partial charge in [0.2, 0.25) is 0 Å². The molecule has 0 bridgehead atoms. The van der Waals surface area contributed by atoms with Gasteiger partial charge in [-0.1, -0.05) is 29.8 Å². The van der Waals surface area contributed by atoms with Crippen LogP contribution in [0.1, 0.15) is 0 Å². The Balaban J connectivity index is 1.64. The van der Waals surface area contributed by atoms with Gasteiger partial charge >= 0.3 is 6.03 Å². The van der Waals surface area contributed by atoms with Gasteiger partial charge < -0.3 is 24.8 Å². The molecule has 1 aliphatic rings. The van der Waals surface area contributed by atoms with E-state index in [4.69, 9.17) is 21.1 Å². The molecular weight excluding hydrogens is 356 g/mol. The van der Waals surface area contributed by atoms with Gasteiger partial charge in [-0.2, -0.15) is 0 Å². The zero-order valence-electron chi connectivity index (χ0n) is 14.2. The number of carbonyl (C=O) groups excluding carboxylic acids is 1. The first kappa shape index (κ1) is 18.5. The Morgan fingerprint density at radius 3 is 2.85 bits per heavy atom. The highest BCUT2D eigenvalue weighted by Crippen LogP contribution is 2.31. The van der Waals surface area contributed by atoms with Crippen molar-refractivity contribution in [1.82, 2.24) is 4.90 Å². The fraction of sp³-hybridized carbons (Fsp3) is 0.316.